The average molecular weight is 292 g/mol. The molecule has 1 aromatic heterocycles. The van der Waals surface area contributed by atoms with Crippen molar-refractivity contribution in [2.75, 3.05) is 38.3 Å². The summed E-state index contributed by atoms with van der Waals surface area (Å²) in [5, 5.41) is 3.74. The number of nitrogens with one attached hydrogen (secondary N) is 1. The van der Waals surface area contributed by atoms with Crippen LogP contribution in [0, 0.1) is 0 Å². The van der Waals surface area contributed by atoms with Crippen molar-refractivity contribution >= 4 is 5.82 Å². The Kier molecular flexibility index (Phi) is 6.92. The van der Waals surface area contributed by atoms with Crippen LogP contribution in [0.25, 0.3) is 0 Å². The normalized spacial score (nSPS) is 17.9. The summed E-state index contributed by atoms with van der Waals surface area (Å²) in [4.78, 5) is 6.79. The molecule has 1 saturated heterocycles. The molecule has 1 aliphatic rings. The van der Waals surface area contributed by atoms with E-state index in [1.165, 1.54) is 0 Å². The van der Waals surface area contributed by atoms with Crippen molar-refractivity contribution < 1.29 is 4.74 Å². The van der Waals surface area contributed by atoms with Crippen LogP contribution in [0.2, 0.25) is 0 Å². The third-order valence-corrected chi connectivity index (χ3v) is 4.06. The van der Waals surface area contributed by atoms with Crippen LogP contribution < -0.4 is 16.0 Å². The third-order valence-electron chi connectivity index (χ3n) is 4.06. The smallest absolute Gasteiger partial charge is 0.128 e. The van der Waals surface area contributed by atoms with E-state index in [4.69, 9.17) is 10.5 Å². The van der Waals surface area contributed by atoms with E-state index in [1.54, 1.807) is 7.11 Å². The van der Waals surface area contributed by atoms with Gasteiger partial charge in [0.2, 0.25) is 0 Å². The lowest BCUT2D eigenvalue weighted by Crippen LogP contribution is -2.47. The van der Waals surface area contributed by atoms with Gasteiger partial charge in [-0.05, 0) is 44.4 Å². The molecule has 0 saturated carbocycles. The second-order valence-corrected chi connectivity index (χ2v) is 5.70. The molecule has 3 N–H and O–H groups in total. The van der Waals surface area contributed by atoms with Gasteiger partial charge in [-0.25, -0.2) is 4.98 Å². The Morgan fingerprint density at radius 1 is 1.43 bits per heavy atom. The van der Waals surface area contributed by atoms with E-state index in [0.717, 1.165) is 57.7 Å². The molecule has 2 heterocycles. The van der Waals surface area contributed by atoms with Crippen LogP contribution in [0.4, 0.5) is 5.82 Å². The van der Waals surface area contributed by atoms with Gasteiger partial charge in [-0.2, -0.15) is 0 Å². The van der Waals surface area contributed by atoms with Gasteiger partial charge in [0.25, 0.3) is 0 Å². The zero-order valence-corrected chi connectivity index (χ0v) is 13.0. The summed E-state index contributed by atoms with van der Waals surface area (Å²) in [6.07, 6.45) is 6.30. The first-order valence-corrected chi connectivity index (χ1v) is 7.94. The predicted molar refractivity (Wildman–Crippen MR) is 86.6 cm³/mol. The van der Waals surface area contributed by atoms with Crippen molar-refractivity contribution in [2.45, 2.75) is 37.8 Å². The van der Waals surface area contributed by atoms with Gasteiger partial charge in [0, 0.05) is 38.5 Å². The lowest BCUT2D eigenvalue weighted by molar-refractivity contribution is 0.152. The molecule has 1 unspecified atom stereocenters. The monoisotopic (exact) mass is 292 g/mol. The second kappa shape index (κ2) is 8.97. The lowest BCUT2D eigenvalue weighted by atomic mass is 10.0. The zero-order valence-electron chi connectivity index (χ0n) is 13.0. The molecule has 0 aromatic carbocycles. The van der Waals surface area contributed by atoms with Crippen molar-refractivity contribution in [3.05, 3.63) is 24.4 Å². The summed E-state index contributed by atoms with van der Waals surface area (Å²) >= 11 is 0. The molecule has 1 aliphatic heterocycles. The van der Waals surface area contributed by atoms with E-state index >= 15 is 0 Å². The molecule has 5 nitrogen and oxygen atoms in total. The topological polar surface area (TPSA) is 63.4 Å². The number of anilines is 1. The lowest BCUT2D eigenvalue weighted by Gasteiger charge is -2.35. The fraction of sp³-hybridized carbons (Fsp3) is 0.688. The van der Waals surface area contributed by atoms with Crippen LogP contribution in [0.15, 0.2) is 24.4 Å². The first-order valence-electron chi connectivity index (χ1n) is 7.94. The SMILES string of the molecule is COCC(CCCN)NC1CCN(c2ccccn2)CC1. The molecule has 0 spiro atoms. The Bertz CT molecular complexity index is 379. The Hall–Kier alpha value is -1.17. The number of methoxy groups -OCH3 is 1. The van der Waals surface area contributed by atoms with Gasteiger partial charge in [0.05, 0.1) is 6.61 Å². The molecule has 0 radical (unpaired) electrons. The molecule has 1 aromatic rings. The van der Waals surface area contributed by atoms with Crippen LogP contribution in [-0.4, -0.2) is 50.4 Å². The van der Waals surface area contributed by atoms with Gasteiger partial charge in [-0.1, -0.05) is 6.07 Å². The Labute approximate surface area is 127 Å². The van der Waals surface area contributed by atoms with E-state index in [2.05, 4.69) is 21.3 Å². The van der Waals surface area contributed by atoms with Crippen LogP contribution in [0.3, 0.4) is 0 Å². The highest BCUT2D eigenvalue weighted by atomic mass is 16.5. The number of nitrogens with two attached hydrogens (primary N) is 1. The minimum atomic E-state index is 0.421. The molecule has 0 aliphatic carbocycles. The summed E-state index contributed by atoms with van der Waals surface area (Å²) in [5.41, 5.74) is 5.61. The number of nitrogens with zero attached hydrogens (tertiary/aromatic N) is 2. The van der Waals surface area contributed by atoms with Crippen molar-refractivity contribution in [2.24, 2.45) is 5.73 Å². The van der Waals surface area contributed by atoms with Gasteiger partial charge >= 0.3 is 0 Å². The van der Waals surface area contributed by atoms with Crippen molar-refractivity contribution in [3.8, 4) is 0 Å². The fourth-order valence-corrected chi connectivity index (χ4v) is 2.93. The number of pyridine rings is 1. The van der Waals surface area contributed by atoms with Crippen LogP contribution in [0.1, 0.15) is 25.7 Å². The summed E-state index contributed by atoms with van der Waals surface area (Å²) < 4.78 is 5.31. The summed E-state index contributed by atoms with van der Waals surface area (Å²) in [6.45, 7) is 3.64. The molecule has 21 heavy (non-hydrogen) atoms. The first-order chi connectivity index (χ1) is 10.3. The molecule has 118 valence electrons. The molecule has 2 rings (SSSR count). The summed E-state index contributed by atoms with van der Waals surface area (Å²) in [5.74, 6) is 1.09. The third kappa shape index (κ3) is 5.26. The van der Waals surface area contributed by atoms with Gasteiger partial charge in [0.1, 0.15) is 5.82 Å². The minimum Gasteiger partial charge on any atom is -0.383 e. The van der Waals surface area contributed by atoms with Crippen LogP contribution >= 0.6 is 0 Å². The second-order valence-electron chi connectivity index (χ2n) is 5.70. The minimum absolute atomic E-state index is 0.421. The number of piperidine rings is 1. The van der Waals surface area contributed by atoms with E-state index in [9.17, 15) is 0 Å². The molecule has 1 fully saturated rings. The number of hydrogen-bond donors (Lipinski definition) is 2. The number of hydrogen-bond acceptors (Lipinski definition) is 5. The fourth-order valence-electron chi connectivity index (χ4n) is 2.93. The van der Waals surface area contributed by atoms with Crippen molar-refractivity contribution in [1.82, 2.24) is 10.3 Å². The van der Waals surface area contributed by atoms with Crippen molar-refractivity contribution in [3.63, 3.8) is 0 Å². The Morgan fingerprint density at radius 2 is 2.24 bits per heavy atom. The van der Waals surface area contributed by atoms with E-state index in [1.807, 2.05) is 18.3 Å². The highest BCUT2D eigenvalue weighted by molar-refractivity contribution is 5.38. The maximum atomic E-state index is 5.61. The highest BCUT2D eigenvalue weighted by Crippen LogP contribution is 2.18. The van der Waals surface area contributed by atoms with E-state index in [0.29, 0.717) is 12.1 Å². The number of ether oxygens (including phenoxy) is 1. The highest BCUT2D eigenvalue weighted by Gasteiger charge is 2.22. The Morgan fingerprint density at radius 3 is 2.86 bits per heavy atom. The predicted octanol–water partition coefficient (Wildman–Crippen LogP) is 1.39. The molecular weight excluding hydrogens is 264 g/mol. The van der Waals surface area contributed by atoms with E-state index in [-0.39, 0.29) is 0 Å². The molecule has 0 amide bonds. The average Bonchev–Trinajstić information content (AvgIpc) is 2.54. The maximum Gasteiger partial charge on any atom is 0.128 e. The standard InChI is InChI=1S/C16H28N4O/c1-21-13-15(5-4-9-17)19-14-7-11-20(12-8-14)16-6-2-3-10-18-16/h2-3,6,10,14-15,19H,4-5,7-9,11-13,17H2,1H3. The van der Waals surface area contributed by atoms with Crippen LogP contribution in [-0.2, 0) is 4.74 Å². The molecule has 0 bridgehead atoms. The first kappa shape index (κ1) is 16.2. The van der Waals surface area contributed by atoms with Gasteiger partial charge in [-0.3, -0.25) is 0 Å². The Balaban J connectivity index is 1.77. The van der Waals surface area contributed by atoms with Crippen LogP contribution in [0.5, 0.6) is 0 Å². The number of aromatic nitrogens is 1. The maximum absolute atomic E-state index is 5.61. The molecule has 5 heteroatoms. The largest absolute Gasteiger partial charge is 0.383 e. The molecular formula is C16H28N4O. The quantitative estimate of drug-likeness (QED) is 0.758. The number of rotatable bonds is 8. The van der Waals surface area contributed by atoms with E-state index < -0.39 is 0 Å². The summed E-state index contributed by atoms with van der Waals surface area (Å²) in [6, 6.07) is 7.09. The summed E-state index contributed by atoms with van der Waals surface area (Å²) in [7, 11) is 1.76. The molecule has 1 atom stereocenters. The van der Waals surface area contributed by atoms with Gasteiger partial charge < -0.3 is 20.7 Å². The zero-order chi connectivity index (χ0) is 14.9. The van der Waals surface area contributed by atoms with Gasteiger partial charge in [-0.15, -0.1) is 0 Å². The van der Waals surface area contributed by atoms with Gasteiger partial charge in [0.15, 0.2) is 0 Å². The van der Waals surface area contributed by atoms with Crippen molar-refractivity contribution in [1.29, 1.82) is 0 Å².